The zero-order valence-corrected chi connectivity index (χ0v) is 16.4. The number of halogens is 2. The summed E-state index contributed by atoms with van der Waals surface area (Å²) < 4.78 is 6.60. The van der Waals surface area contributed by atoms with Gasteiger partial charge in [-0.2, -0.15) is 0 Å². The SMILES string of the molecule is Cc1ccc([C@H](CNC(=O)c2sc3cc(Cl)ccc3c2Cl)N(C)C)o1. The number of hydrogen-bond acceptors (Lipinski definition) is 4. The summed E-state index contributed by atoms with van der Waals surface area (Å²) in [5.41, 5.74) is 0. The van der Waals surface area contributed by atoms with Crippen molar-refractivity contribution in [2.75, 3.05) is 20.6 Å². The van der Waals surface area contributed by atoms with Crippen molar-refractivity contribution in [3.05, 3.63) is 56.8 Å². The summed E-state index contributed by atoms with van der Waals surface area (Å²) in [6, 6.07) is 9.21. The smallest absolute Gasteiger partial charge is 0.263 e. The van der Waals surface area contributed by atoms with Crippen molar-refractivity contribution in [3.63, 3.8) is 0 Å². The normalized spacial score (nSPS) is 12.7. The van der Waals surface area contributed by atoms with Crippen molar-refractivity contribution in [1.29, 1.82) is 0 Å². The average Bonchev–Trinajstić information content (AvgIpc) is 3.11. The average molecular weight is 397 g/mol. The molecule has 0 unspecified atom stereocenters. The first-order valence-corrected chi connectivity index (χ1v) is 9.32. The third-order valence-electron chi connectivity index (χ3n) is 3.97. The van der Waals surface area contributed by atoms with E-state index >= 15 is 0 Å². The number of nitrogens with zero attached hydrogens (tertiary/aromatic N) is 1. The van der Waals surface area contributed by atoms with Crippen LogP contribution in [0.1, 0.15) is 27.2 Å². The Balaban J connectivity index is 1.78. The van der Waals surface area contributed by atoms with Crippen LogP contribution in [0.3, 0.4) is 0 Å². The summed E-state index contributed by atoms with van der Waals surface area (Å²) >= 11 is 13.7. The summed E-state index contributed by atoms with van der Waals surface area (Å²) in [5.74, 6) is 1.46. The Hall–Kier alpha value is -1.53. The second-order valence-corrected chi connectivity index (χ2v) is 7.89. The fourth-order valence-corrected chi connectivity index (χ4v) is 4.33. The van der Waals surface area contributed by atoms with E-state index in [4.69, 9.17) is 27.6 Å². The van der Waals surface area contributed by atoms with Gasteiger partial charge in [0.2, 0.25) is 0 Å². The van der Waals surface area contributed by atoms with Crippen molar-refractivity contribution in [2.24, 2.45) is 0 Å². The third-order valence-corrected chi connectivity index (χ3v) is 5.86. The predicted octanol–water partition coefficient (Wildman–Crippen LogP) is 5.14. The fraction of sp³-hybridized carbons (Fsp3) is 0.278. The lowest BCUT2D eigenvalue weighted by Gasteiger charge is -2.22. The van der Waals surface area contributed by atoms with E-state index in [0.717, 1.165) is 21.6 Å². The van der Waals surface area contributed by atoms with Gasteiger partial charge < -0.3 is 9.73 Å². The maximum atomic E-state index is 12.6. The van der Waals surface area contributed by atoms with Gasteiger partial charge in [-0.05, 0) is 45.3 Å². The van der Waals surface area contributed by atoms with Crippen LogP contribution in [0.4, 0.5) is 0 Å². The molecule has 1 N–H and O–H groups in total. The van der Waals surface area contributed by atoms with Crippen molar-refractivity contribution in [2.45, 2.75) is 13.0 Å². The minimum absolute atomic E-state index is 0.0553. The number of benzene rings is 1. The van der Waals surface area contributed by atoms with Gasteiger partial charge in [0.1, 0.15) is 16.4 Å². The van der Waals surface area contributed by atoms with Gasteiger partial charge >= 0.3 is 0 Å². The van der Waals surface area contributed by atoms with Crippen LogP contribution in [0.15, 0.2) is 34.7 Å². The van der Waals surface area contributed by atoms with Gasteiger partial charge in [-0.3, -0.25) is 9.69 Å². The van der Waals surface area contributed by atoms with Crippen LogP contribution in [-0.4, -0.2) is 31.4 Å². The molecular formula is C18H18Cl2N2O2S. The Morgan fingerprint density at radius 2 is 2.04 bits per heavy atom. The molecule has 0 aliphatic carbocycles. The standard InChI is InChI=1S/C18H18Cl2N2O2S/c1-10-4-7-14(24-10)13(22(2)3)9-21-18(23)17-16(20)12-6-5-11(19)8-15(12)25-17/h4-8,13H,9H2,1-3H3,(H,21,23)/t13-/m0/s1. The summed E-state index contributed by atoms with van der Waals surface area (Å²) in [6.45, 7) is 2.32. The van der Waals surface area contributed by atoms with Gasteiger partial charge in [0.25, 0.3) is 5.91 Å². The molecule has 4 nitrogen and oxygen atoms in total. The second kappa shape index (κ2) is 7.38. The summed E-state index contributed by atoms with van der Waals surface area (Å²) in [4.78, 5) is 15.1. The number of rotatable bonds is 5. The molecule has 1 aromatic carbocycles. The molecule has 2 heterocycles. The van der Waals surface area contributed by atoms with Crippen LogP contribution < -0.4 is 5.32 Å². The highest BCUT2D eigenvalue weighted by Crippen LogP contribution is 2.36. The molecule has 25 heavy (non-hydrogen) atoms. The number of carbonyl (C=O) groups excluding carboxylic acids is 1. The molecule has 0 radical (unpaired) electrons. The molecule has 1 amide bonds. The van der Waals surface area contributed by atoms with Crippen LogP contribution in [0.5, 0.6) is 0 Å². The maximum Gasteiger partial charge on any atom is 0.263 e. The first kappa shape index (κ1) is 18.3. The zero-order valence-electron chi connectivity index (χ0n) is 14.1. The van der Waals surface area contributed by atoms with Crippen molar-refractivity contribution in [3.8, 4) is 0 Å². The topological polar surface area (TPSA) is 45.5 Å². The van der Waals surface area contributed by atoms with E-state index in [0.29, 0.717) is 21.5 Å². The molecule has 3 rings (SSSR count). The molecule has 7 heteroatoms. The Morgan fingerprint density at radius 3 is 2.68 bits per heavy atom. The minimum atomic E-state index is -0.197. The molecule has 0 saturated carbocycles. The van der Waals surface area contributed by atoms with Crippen molar-refractivity contribution < 1.29 is 9.21 Å². The van der Waals surface area contributed by atoms with Crippen molar-refractivity contribution >= 4 is 50.5 Å². The van der Waals surface area contributed by atoms with Gasteiger partial charge in [0.05, 0.1) is 11.1 Å². The molecular weight excluding hydrogens is 379 g/mol. The maximum absolute atomic E-state index is 12.6. The Morgan fingerprint density at radius 1 is 1.28 bits per heavy atom. The van der Waals surface area contributed by atoms with E-state index in [9.17, 15) is 4.79 Å². The highest BCUT2D eigenvalue weighted by molar-refractivity contribution is 7.21. The van der Waals surface area contributed by atoms with E-state index in [1.54, 1.807) is 6.07 Å². The molecule has 0 aliphatic heterocycles. The van der Waals surface area contributed by atoms with Gasteiger partial charge in [0.15, 0.2) is 0 Å². The van der Waals surface area contributed by atoms with Crippen molar-refractivity contribution in [1.82, 2.24) is 10.2 Å². The number of carbonyl (C=O) groups is 1. The number of nitrogens with one attached hydrogen (secondary N) is 1. The van der Waals surface area contributed by atoms with E-state index < -0.39 is 0 Å². The number of aryl methyl sites for hydroxylation is 1. The summed E-state index contributed by atoms with van der Waals surface area (Å²) in [7, 11) is 3.90. The molecule has 0 saturated heterocycles. The first-order valence-electron chi connectivity index (χ1n) is 7.75. The van der Waals surface area contributed by atoms with Gasteiger partial charge in [0, 0.05) is 21.7 Å². The number of hydrogen-bond donors (Lipinski definition) is 1. The Bertz CT molecular complexity index is 917. The van der Waals surface area contributed by atoms with E-state index in [-0.39, 0.29) is 11.9 Å². The van der Waals surface area contributed by atoms with Crippen LogP contribution in [0, 0.1) is 6.92 Å². The van der Waals surface area contributed by atoms with Gasteiger partial charge in [-0.15, -0.1) is 11.3 Å². The number of fused-ring (bicyclic) bond motifs is 1. The Kier molecular flexibility index (Phi) is 5.39. The molecule has 3 aromatic rings. The molecule has 132 valence electrons. The van der Waals surface area contributed by atoms with Crippen LogP contribution in [0.25, 0.3) is 10.1 Å². The molecule has 0 spiro atoms. The monoisotopic (exact) mass is 396 g/mol. The zero-order chi connectivity index (χ0) is 18.1. The number of furan rings is 1. The van der Waals surface area contributed by atoms with Gasteiger partial charge in [-0.25, -0.2) is 0 Å². The molecule has 1 atom stereocenters. The number of thiophene rings is 1. The fourth-order valence-electron chi connectivity index (χ4n) is 2.62. The van der Waals surface area contributed by atoms with E-state index in [2.05, 4.69) is 5.32 Å². The molecule has 0 bridgehead atoms. The Labute approximate surface area is 160 Å². The number of amides is 1. The predicted molar refractivity (Wildman–Crippen MR) is 104 cm³/mol. The third kappa shape index (κ3) is 3.85. The largest absolute Gasteiger partial charge is 0.465 e. The highest BCUT2D eigenvalue weighted by atomic mass is 35.5. The number of likely N-dealkylation sites (N-methyl/N-ethyl adjacent to an activating group) is 1. The van der Waals surface area contributed by atoms with Crippen LogP contribution in [-0.2, 0) is 0 Å². The minimum Gasteiger partial charge on any atom is -0.465 e. The van der Waals surface area contributed by atoms with E-state index in [1.807, 2.05) is 50.2 Å². The highest BCUT2D eigenvalue weighted by Gasteiger charge is 2.21. The lowest BCUT2D eigenvalue weighted by atomic mass is 10.2. The summed E-state index contributed by atoms with van der Waals surface area (Å²) in [5, 5.41) is 4.88. The molecule has 0 aliphatic rings. The van der Waals surface area contributed by atoms with Crippen LogP contribution in [0.2, 0.25) is 10.0 Å². The quantitative estimate of drug-likeness (QED) is 0.648. The second-order valence-electron chi connectivity index (χ2n) is 6.02. The summed E-state index contributed by atoms with van der Waals surface area (Å²) in [6.07, 6.45) is 0. The molecule has 0 fully saturated rings. The first-order chi connectivity index (χ1) is 11.9. The lowest BCUT2D eigenvalue weighted by molar-refractivity contribution is 0.0943. The lowest BCUT2D eigenvalue weighted by Crippen LogP contribution is -2.34. The molecule has 2 aromatic heterocycles. The van der Waals surface area contributed by atoms with Gasteiger partial charge in [-0.1, -0.05) is 29.3 Å². The van der Waals surface area contributed by atoms with E-state index in [1.165, 1.54) is 11.3 Å². The van der Waals surface area contributed by atoms with Crippen LogP contribution >= 0.6 is 34.5 Å².